The summed E-state index contributed by atoms with van der Waals surface area (Å²) >= 11 is 7.13. The van der Waals surface area contributed by atoms with Crippen LogP contribution in [0, 0.1) is 6.92 Å². The molecule has 8 nitrogen and oxygen atoms in total. The highest BCUT2D eigenvalue weighted by Gasteiger charge is 2.24. The van der Waals surface area contributed by atoms with Gasteiger partial charge in [0.05, 0.1) is 33.5 Å². The molecule has 0 radical (unpaired) electrons. The van der Waals surface area contributed by atoms with E-state index in [1.54, 1.807) is 44.2 Å². The van der Waals surface area contributed by atoms with E-state index < -0.39 is 21.9 Å². The van der Waals surface area contributed by atoms with Crippen molar-refractivity contribution in [2.24, 2.45) is 0 Å². The lowest BCUT2D eigenvalue weighted by molar-refractivity contribution is 0.0531. The van der Waals surface area contributed by atoms with E-state index >= 15 is 0 Å². The number of hydrogen-bond donors (Lipinski definition) is 1. The fourth-order valence-electron chi connectivity index (χ4n) is 2.77. The smallest absolute Gasteiger partial charge is 0.350 e. The van der Waals surface area contributed by atoms with Crippen molar-refractivity contribution in [1.29, 1.82) is 0 Å². The Balaban J connectivity index is 1.88. The van der Waals surface area contributed by atoms with Crippen LogP contribution in [0.2, 0.25) is 5.02 Å². The Morgan fingerprint density at radius 1 is 1.19 bits per heavy atom. The molecule has 0 bridgehead atoms. The molecule has 0 atom stereocenters. The first kappa shape index (κ1) is 23.7. The van der Waals surface area contributed by atoms with Crippen LogP contribution in [0.1, 0.15) is 32.6 Å². The zero-order valence-corrected chi connectivity index (χ0v) is 19.8. The number of anilines is 2. The molecular weight excluding hydrogens is 474 g/mol. The number of nitrogens with zero attached hydrogens (tertiary/aromatic N) is 2. The second-order valence-corrected chi connectivity index (χ2v) is 9.93. The number of sulfonamides is 1. The Bertz CT molecular complexity index is 1260. The molecule has 0 aliphatic carbocycles. The summed E-state index contributed by atoms with van der Waals surface area (Å²) in [6, 6.07) is 12.4. The summed E-state index contributed by atoms with van der Waals surface area (Å²) < 4.78 is 32.2. The minimum Gasteiger partial charge on any atom is -0.462 e. The number of para-hydroxylation sites is 1. The average Bonchev–Trinajstić information content (AvgIpc) is 3.14. The van der Waals surface area contributed by atoms with Crippen molar-refractivity contribution < 1.29 is 22.7 Å². The zero-order valence-electron chi connectivity index (χ0n) is 17.5. The molecule has 3 rings (SSSR count). The van der Waals surface area contributed by atoms with Crippen LogP contribution in [0.3, 0.4) is 0 Å². The van der Waals surface area contributed by atoms with Gasteiger partial charge in [0.1, 0.15) is 4.88 Å². The van der Waals surface area contributed by atoms with Crippen molar-refractivity contribution in [3.05, 3.63) is 69.7 Å². The standard InChI is InChI=1S/C21H20ClN3O5S2/c1-4-30-20(27)18-13(2)23-21(31-18)24-19(26)16-12-15(10-11-17(16)22)32(28,29)25(3)14-8-6-5-7-9-14/h5-12H,4H2,1-3H3,(H,23,24,26). The van der Waals surface area contributed by atoms with Crippen LogP contribution in [0.4, 0.5) is 10.8 Å². The van der Waals surface area contributed by atoms with Gasteiger partial charge in [-0.2, -0.15) is 0 Å². The summed E-state index contributed by atoms with van der Waals surface area (Å²) in [5, 5.41) is 2.80. The average molecular weight is 494 g/mol. The molecule has 0 unspecified atom stereocenters. The number of aromatic nitrogens is 1. The Morgan fingerprint density at radius 3 is 2.53 bits per heavy atom. The number of nitrogens with one attached hydrogen (secondary N) is 1. The molecule has 11 heteroatoms. The lowest BCUT2D eigenvalue weighted by atomic mass is 10.2. The van der Waals surface area contributed by atoms with Gasteiger partial charge in [-0.3, -0.25) is 14.4 Å². The van der Waals surface area contributed by atoms with Gasteiger partial charge in [0.25, 0.3) is 15.9 Å². The van der Waals surface area contributed by atoms with Gasteiger partial charge >= 0.3 is 5.97 Å². The molecule has 2 aromatic carbocycles. The van der Waals surface area contributed by atoms with Gasteiger partial charge in [-0.25, -0.2) is 18.2 Å². The van der Waals surface area contributed by atoms with E-state index in [2.05, 4.69) is 10.3 Å². The topological polar surface area (TPSA) is 106 Å². The van der Waals surface area contributed by atoms with Crippen LogP contribution in [-0.4, -0.2) is 38.9 Å². The molecule has 0 saturated heterocycles. The quantitative estimate of drug-likeness (QED) is 0.490. The number of rotatable bonds is 7. The number of carbonyl (C=O) groups is 2. The SMILES string of the molecule is CCOC(=O)c1sc(NC(=O)c2cc(S(=O)(=O)N(C)c3ccccc3)ccc2Cl)nc1C. The molecule has 0 spiro atoms. The first-order valence-electron chi connectivity index (χ1n) is 9.44. The van der Waals surface area contributed by atoms with Crippen molar-refractivity contribution in [1.82, 2.24) is 4.98 Å². The van der Waals surface area contributed by atoms with E-state index in [-0.39, 0.29) is 32.1 Å². The van der Waals surface area contributed by atoms with Crippen molar-refractivity contribution in [2.45, 2.75) is 18.7 Å². The number of carbonyl (C=O) groups excluding carboxylic acids is 2. The minimum atomic E-state index is -3.94. The van der Waals surface area contributed by atoms with Crippen LogP contribution < -0.4 is 9.62 Å². The van der Waals surface area contributed by atoms with E-state index in [4.69, 9.17) is 16.3 Å². The first-order valence-corrected chi connectivity index (χ1v) is 12.1. The van der Waals surface area contributed by atoms with Gasteiger partial charge in [-0.1, -0.05) is 41.1 Å². The second kappa shape index (κ2) is 9.68. The van der Waals surface area contributed by atoms with E-state index in [9.17, 15) is 18.0 Å². The highest BCUT2D eigenvalue weighted by molar-refractivity contribution is 7.92. The van der Waals surface area contributed by atoms with Crippen molar-refractivity contribution in [3.8, 4) is 0 Å². The number of thiazole rings is 1. The highest BCUT2D eigenvalue weighted by atomic mass is 35.5. The van der Waals surface area contributed by atoms with E-state index in [0.29, 0.717) is 11.4 Å². The molecule has 0 saturated carbocycles. The fourth-order valence-corrected chi connectivity index (χ4v) is 5.05. The molecule has 1 amide bonds. The molecular formula is C21H20ClN3O5S2. The van der Waals surface area contributed by atoms with E-state index in [1.807, 2.05) is 0 Å². The lowest BCUT2D eigenvalue weighted by Crippen LogP contribution is -2.27. The molecule has 1 aromatic heterocycles. The Kier molecular flexibility index (Phi) is 7.17. The normalized spacial score (nSPS) is 11.1. The van der Waals surface area contributed by atoms with Crippen molar-refractivity contribution >= 4 is 55.7 Å². The number of halogens is 1. The molecule has 0 aliphatic heterocycles. The third-order valence-corrected chi connectivity index (χ3v) is 7.60. The number of aryl methyl sites for hydroxylation is 1. The predicted molar refractivity (Wildman–Crippen MR) is 124 cm³/mol. The van der Waals surface area contributed by atoms with Crippen LogP contribution in [-0.2, 0) is 14.8 Å². The van der Waals surface area contributed by atoms with Crippen molar-refractivity contribution in [3.63, 3.8) is 0 Å². The van der Waals surface area contributed by atoms with Crippen LogP contribution in [0.5, 0.6) is 0 Å². The summed E-state index contributed by atoms with van der Waals surface area (Å²) in [5.41, 5.74) is 0.841. The third-order valence-electron chi connectivity index (χ3n) is 4.44. The molecule has 1 N–H and O–H groups in total. The Hall–Kier alpha value is -2.95. The summed E-state index contributed by atoms with van der Waals surface area (Å²) in [5.74, 6) is -1.18. The maximum Gasteiger partial charge on any atom is 0.350 e. The van der Waals surface area contributed by atoms with Gasteiger partial charge in [0.15, 0.2) is 5.13 Å². The fraction of sp³-hybridized carbons (Fsp3) is 0.190. The molecule has 168 valence electrons. The Labute approximate surface area is 194 Å². The van der Waals surface area contributed by atoms with Crippen LogP contribution in [0.25, 0.3) is 0 Å². The predicted octanol–water partition coefficient (Wildman–Crippen LogP) is 4.36. The lowest BCUT2D eigenvalue weighted by Gasteiger charge is -2.20. The second-order valence-electron chi connectivity index (χ2n) is 6.56. The number of ether oxygens (including phenoxy) is 1. The van der Waals surface area contributed by atoms with E-state index in [1.165, 1.54) is 25.2 Å². The summed E-state index contributed by atoms with van der Waals surface area (Å²) in [6.45, 7) is 3.53. The van der Waals surface area contributed by atoms with E-state index in [0.717, 1.165) is 15.6 Å². The largest absolute Gasteiger partial charge is 0.462 e. The van der Waals surface area contributed by atoms with Crippen molar-refractivity contribution in [2.75, 3.05) is 23.3 Å². The third kappa shape index (κ3) is 4.93. The number of amides is 1. The number of benzene rings is 2. The number of hydrogen-bond acceptors (Lipinski definition) is 7. The first-order chi connectivity index (χ1) is 15.1. The van der Waals surface area contributed by atoms with Gasteiger partial charge < -0.3 is 4.74 Å². The summed E-state index contributed by atoms with van der Waals surface area (Å²) in [6.07, 6.45) is 0. The molecule has 32 heavy (non-hydrogen) atoms. The molecule has 1 heterocycles. The van der Waals surface area contributed by atoms with Gasteiger partial charge in [-0.05, 0) is 44.2 Å². The van der Waals surface area contributed by atoms with Crippen LogP contribution >= 0.6 is 22.9 Å². The summed E-state index contributed by atoms with van der Waals surface area (Å²) in [7, 11) is -2.51. The minimum absolute atomic E-state index is 0.0419. The summed E-state index contributed by atoms with van der Waals surface area (Å²) in [4.78, 5) is 29.1. The highest BCUT2D eigenvalue weighted by Crippen LogP contribution is 2.28. The molecule has 0 fully saturated rings. The maximum absolute atomic E-state index is 13.1. The Morgan fingerprint density at radius 2 is 1.88 bits per heavy atom. The zero-order chi connectivity index (χ0) is 23.5. The maximum atomic E-state index is 13.1. The molecule has 0 aliphatic rings. The van der Waals surface area contributed by atoms with Gasteiger partial charge in [0, 0.05) is 7.05 Å². The van der Waals surface area contributed by atoms with Crippen LogP contribution in [0.15, 0.2) is 53.4 Å². The van der Waals surface area contributed by atoms with Gasteiger partial charge in [0.2, 0.25) is 0 Å². The van der Waals surface area contributed by atoms with Gasteiger partial charge in [-0.15, -0.1) is 0 Å². The monoisotopic (exact) mass is 493 g/mol. The number of esters is 1. The molecule has 3 aromatic rings.